The number of rotatable bonds is 5. The Morgan fingerprint density at radius 1 is 1.48 bits per heavy atom. The normalized spacial score (nSPS) is 28.2. The van der Waals surface area contributed by atoms with Crippen molar-refractivity contribution in [2.24, 2.45) is 11.7 Å². The molecule has 0 radical (unpaired) electrons. The summed E-state index contributed by atoms with van der Waals surface area (Å²) in [6.07, 6.45) is -2.17. The summed E-state index contributed by atoms with van der Waals surface area (Å²) in [7, 11) is 0. The molecule has 156 valence electrons. The van der Waals surface area contributed by atoms with Crippen LogP contribution in [0.5, 0.6) is 0 Å². The van der Waals surface area contributed by atoms with Crippen molar-refractivity contribution in [3.8, 4) is 0 Å². The van der Waals surface area contributed by atoms with Crippen LogP contribution in [-0.2, 0) is 14.3 Å². The van der Waals surface area contributed by atoms with Crippen LogP contribution in [0.25, 0.3) is 0 Å². The second-order valence-electron chi connectivity index (χ2n) is 6.60. The fourth-order valence-corrected chi connectivity index (χ4v) is 2.65. The van der Waals surface area contributed by atoms with Crippen molar-refractivity contribution in [2.45, 2.75) is 50.8 Å². The summed E-state index contributed by atoms with van der Waals surface area (Å²) in [5.74, 6) is -0.888. The summed E-state index contributed by atoms with van der Waals surface area (Å²) >= 11 is 0. The number of halogens is 2. The highest BCUT2D eigenvalue weighted by Crippen LogP contribution is 2.39. The van der Waals surface area contributed by atoms with Crippen LogP contribution >= 0.6 is 24.8 Å². The number of hydrogen-bond donors (Lipinski definition) is 4. The van der Waals surface area contributed by atoms with Gasteiger partial charge in [-0.05, 0) is 18.9 Å². The summed E-state index contributed by atoms with van der Waals surface area (Å²) in [4.78, 5) is 27.8. The van der Waals surface area contributed by atoms with Gasteiger partial charge in [0, 0.05) is 6.20 Å². The average molecular weight is 429 g/mol. The fourth-order valence-electron chi connectivity index (χ4n) is 2.65. The van der Waals surface area contributed by atoms with Gasteiger partial charge in [-0.3, -0.25) is 9.36 Å². The highest BCUT2D eigenvalue weighted by Gasteiger charge is 2.56. The zero-order chi connectivity index (χ0) is 18.9. The highest BCUT2D eigenvalue weighted by molar-refractivity contribution is 5.85. The molecule has 1 aromatic rings. The molecule has 0 amide bonds. The van der Waals surface area contributed by atoms with E-state index in [2.05, 4.69) is 4.98 Å². The number of aromatic nitrogens is 2. The number of anilines is 1. The first-order chi connectivity index (χ1) is 11.6. The van der Waals surface area contributed by atoms with Gasteiger partial charge in [0.15, 0.2) is 12.3 Å². The minimum Gasteiger partial charge on any atom is -0.455 e. The highest BCUT2D eigenvalue weighted by atomic mass is 35.5. The van der Waals surface area contributed by atoms with Crippen molar-refractivity contribution < 1.29 is 24.5 Å². The maximum absolute atomic E-state index is 12.2. The second kappa shape index (κ2) is 9.67. The van der Waals surface area contributed by atoms with E-state index < -0.39 is 48.3 Å². The number of nitrogens with two attached hydrogens (primary N) is 2. The molecule has 12 heteroatoms. The molecule has 10 nitrogen and oxygen atoms in total. The van der Waals surface area contributed by atoms with E-state index >= 15 is 0 Å². The zero-order valence-electron chi connectivity index (χ0n) is 15.1. The van der Waals surface area contributed by atoms with Gasteiger partial charge < -0.3 is 31.2 Å². The predicted molar refractivity (Wildman–Crippen MR) is 102 cm³/mol. The molecular weight excluding hydrogens is 403 g/mol. The predicted octanol–water partition coefficient (Wildman–Crippen LogP) is -0.795. The van der Waals surface area contributed by atoms with E-state index in [1.807, 2.05) is 0 Å². The standard InChI is InChI=1S/C15H24N4O6.2ClH/c1-7(2)10(17)12(21)25-11-8(6-20)24-13(15(11,3)23)19-5-4-9(16)18-14(19)22;;/h4-5,7-8,10-11,13,20,23H,6,17H2,1-3H3,(H2,16,18,22);2*1H/t8-,10-,11-,13-,15-;;/m1../s1. The third kappa shape index (κ3) is 5.09. The van der Waals surface area contributed by atoms with Crippen molar-refractivity contribution in [3.63, 3.8) is 0 Å². The molecule has 0 aromatic carbocycles. The summed E-state index contributed by atoms with van der Waals surface area (Å²) < 4.78 is 11.9. The Balaban J connectivity index is 0.00000338. The molecule has 1 aliphatic heterocycles. The lowest BCUT2D eigenvalue weighted by molar-refractivity contribution is -0.166. The number of aliphatic hydroxyl groups is 2. The molecule has 0 unspecified atom stereocenters. The molecule has 1 aromatic heterocycles. The lowest BCUT2D eigenvalue weighted by Gasteiger charge is -2.30. The van der Waals surface area contributed by atoms with Gasteiger partial charge in [0.25, 0.3) is 0 Å². The number of carbonyl (C=O) groups is 1. The lowest BCUT2D eigenvalue weighted by atomic mass is 9.95. The van der Waals surface area contributed by atoms with Crippen LogP contribution < -0.4 is 17.2 Å². The van der Waals surface area contributed by atoms with Gasteiger partial charge in [-0.25, -0.2) is 4.79 Å². The van der Waals surface area contributed by atoms with Gasteiger partial charge in [0.2, 0.25) is 0 Å². The van der Waals surface area contributed by atoms with E-state index in [0.717, 1.165) is 4.57 Å². The molecule has 0 saturated carbocycles. The van der Waals surface area contributed by atoms with Crippen LogP contribution in [0.1, 0.15) is 27.0 Å². The Morgan fingerprint density at radius 3 is 2.56 bits per heavy atom. The second-order valence-corrected chi connectivity index (χ2v) is 6.60. The molecule has 0 spiro atoms. The van der Waals surface area contributed by atoms with Gasteiger partial charge >= 0.3 is 11.7 Å². The van der Waals surface area contributed by atoms with Gasteiger partial charge in [-0.2, -0.15) is 4.98 Å². The largest absolute Gasteiger partial charge is 0.455 e. The molecule has 27 heavy (non-hydrogen) atoms. The van der Waals surface area contributed by atoms with Crippen molar-refractivity contribution >= 4 is 36.6 Å². The minimum absolute atomic E-state index is 0. The molecule has 6 N–H and O–H groups in total. The minimum atomic E-state index is -1.80. The SMILES string of the molecule is CC(C)[C@@H](N)C(=O)O[C@@H]1[C@@H](CO)O[C@@H](n2ccc(N)nc2=O)[C@]1(C)O.Cl.Cl. The van der Waals surface area contributed by atoms with Gasteiger partial charge in [0.05, 0.1) is 6.61 Å². The van der Waals surface area contributed by atoms with E-state index in [4.69, 9.17) is 20.9 Å². The number of hydrogen-bond acceptors (Lipinski definition) is 9. The first-order valence-electron chi connectivity index (χ1n) is 7.89. The van der Waals surface area contributed by atoms with Crippen LogP contribution in [-0.4, -0.2) is 56.2 Å². The number of nitrogens with zero attached hydrogens (tertiary/aromatic N) is 2. The van der Waals surface area contributed by atoms with Gasteiger partial charge in [-0.15, -0.1) is 24.8 Å². The monoisotopic (exact) mass is 428 g/mol. The van der Waals surface area contributed by atoms with E-state index in [-0.39, 0.29) is 36.5 Å². The Bertz CT molecular complexity index is 699. The smallest absolute Gasteiger partial charge is 0.351 e. The summed E-state index contributed by atoms with van der Waals surface area (Å²) in [6, 6.07) is 0.470. The Kier molecular flexibility index (Phi) is 9.16. The van der Waals surface area contributed by atoms with Crippen LogP contribution in [0.2, 0.25) is 0 Å². The van der Waals surface area contributed by atoms with Gasteiger partial charge in [0.1, 0.15) is 23.6 Å². The topological polar surface area (TPSA) is 163 Å². The molecular formula is C15H26Cl2N4O6. The maximum Gasteiger partial charge on any atom is 0.351 e. The summed E-state index contributed by atoms with van der Waals surface area (Å²) in [6.45, 7) is 4.32. The Labute approximate surface area is 168 Å². The number of carbonyl (C=O) groups excluding carboxylic acids is 1. The number of nitrogen functional groups attached to an aromatic ring is 1. The fraction of sp³-hybridized carbons (Fsp3) is 0.667. The number of aliphatic hydroxyl groups excluding tert-OH is 1. The molecule has 0 aliphatic carbocycles. The van der Waals surface area contributed by atoms with Crippen LogP contribution in [0.4, 0.5) is 5.82 Å². The maximum atomic E-state index is 12.2. The molecule has 0 bridgehead atoms. The molecule has 2 heterocycles. The quantitative estimate of drug-likeness (QED) is 0.439. The molecule has 2 rings (SSSR count). The molecule has 1 aliphatic rings. The number of ether oxygens (including phenoxy) is 2. The van der Waals surface area contributed by atoms with Crippen LogP contribution in [0.3, 0.4) is 0 Å². The first kappa shape index (κ1) is 25.6. The molecule has 1 saturated heterocycles. The lowest BCUT2D eigenvalue weighted by Crippen LogP contribution is -2.51. The zero-order valence-corrected chi connectivity index (χ0v) is 16.8. The Morgan fingerprint density at radius 2 is 2.07 bits per heavy atom. The van der Waals surface area contributed by atoms with Crippen LogP contribution in [0.15, 0.2) is 17.1 Å². The molecule has 1 fully saturated rings. The van der Waals surface area contributed by atoms with Gasteiger partial charge in [-0.1, -0.05) is 13.8 Å². The van der Waals surface area contributed by atoms with Crippen molar-refractivity contribution in [2.75, 3.05) is 12.3 Å². The van der Waals surface area contributed by atoms with Crippen LogP contribution in [0, 0.1) is 5.92 Å². The van der Waals surface area contributed by atoms with Crippen molar-refractivity contribution in [1.29, 1.82) is 0 Å². The van der Waals surface area contributed by atoms with Crippen molar-refractivity contribution in [3.05, 3.63) is 22.7 Å². The van der Waals surface area contributed by atoms with E-state index in [9.17, 15) is 19.8 Å². The van der Waals surface area contributed by atoms with E-state index in [1.165, 1.54) is 19.2 Å². The summed E-state index contributed by atoms with van der Waals surface area (Å²) in [5.41, 5.74) is 8.67. The summed E-state index contributed by atoms with van der Waals surface area (Å²) in [5, 5.41) is 20.4. The average Bonchev–Trinajstić information content (AvgIpc) is 2.77. The third-order valence-corrected chi connectivity index (χ3v) is 4.23. The van der Waals surface area contributed by atoms with Crippen molar-refractivity contribution in [1.82, 2.24) is 9.55 Å². The molecule has 5 atom stereocenters. The van der Waals surface area contributed by atoms with E-state index in [0.29, 0.717) is 0 Å². The third-order valence-electron chi connectivity index (χ3n) is 4.23. The first-order valence-corrected chi connectivity index (χ1v) is 7.89. The number of esters is 1. The van der Waals surface area contributed by atoms with E-state index in [1.54, 1.807) is 13.8 Å². The Hall–Kier alpha value is -1.43.